The van der Waals surface area contributed by atoms with E-state index in [1.807, 2.05) is 6.07 Å². The van der Waals surface area contributed by atoms with Crippen LogP contribution < -0.4 is 5.73 Å². The fraction of sp³-hybridized carbons (Fsp3) is 0.273. The van der Waals surface area contributed by atoms with Gasteiger partial charge in [-0.25, -0.2) is 0 Å². The topological polar surface area (TPSA) is 48.4 Å². The van der Waals surface area contributed by atoms with Crippen molar-refractivity contribution >= 4 is 38.5 Å². The highest BCUT2D eigenvalue weighted by atomic mass is 79.9. The van der Waals surface area contributed by atoms with Crippen LogP contribution in [-0.2, 0) is 17.9 Å². The average molecular weight is 305 g/mol. The van der Waals surface area contributed by atoms with Crippen LogP contribution in [-0.4, -0.2) is 7.11 Å². The van der Waals surface area contributed by atoms with E-state index in [4.69, 9.17) is 26.5 Å². The quantitative estimate of drug-likeness (QED) is 0.945. The minimum absolute atomic E-state index is 0.335. The fourth-order valence-electron chi connectivity index (χ4n) is 1.69. The van der Waals surface area contributed by atoms with Gasteiger partial charge >= 0.3 is 0 Å². The summed E-state index contributed by atoms with van der Waals surface area (Å²) in [5, 5.41) is 1.52. The highest BCUT2D eigenvalue weighted by Gasteiger charge is 2.15. The van der Waals surface area contributed by atoms with Gasteiger partial charge in [0.05, 0.1) is 18.2 Å². The van der Waals surface area contributed by atoms with Crippen LogP contribution in [0.25, 0.3) is 11.0 Å². The molecule has 16 heavy (non-hydrogen) atoms. The molecule has 0 aliphatic rings. The Morgan fingerprint density at radius 2 is 2.25 bits per heavy atom. The summed E-state index contributed by atoms with van der Waals surface area (Å²) in [6, 6.07) is 3.75. The maximum Gasteiger partial charge on any atom is 0.153 e. The minimum atomic E-state index is 0.335. The van der Waals surface area contributed by atoms with Gasteiger partial charge in [-0.05, 0) is 12.1 Å². The Balaban J connectivity index is 2.73. The third kappa shape index (κ3) is 1.98. The first-order chi connectivity index (χ1) is 7.67. The molecule has 0 bridgehead atoms. The van der Waals surface area contributed by atoms with E-state index >= 15 is 0 Å². The van der Waals surface area contributed by atoms with Gasteiger partial charge in [-0.2, -0.15) is 0 Å². The van der Waals surface area contributed by atoms with Crippen molar-refractivity contribution in [1.82, 2.24) is 0 Å². The average Bonchev–Trinajstić information content (AvgIpc) is 2.58. The second-order valence-corrected chi connectivity index (χ2v) is 4.73. The number of halogens is 2. The van der Waals surface area contributed by atoms with Crippen molar-refractivity contribution < 1.29 is 9.15 Å². The van der Waals surface area contributed by atoms with Crippen LogP contribution in [0.5, 0.6) is 0 Å². The van der Waals surface area contributed by atoms with Gasteiger partial charge in [0, 0.05) is 22.5 Å². The Hall–Kier alpha value is -0.550. The monoisotopic (exact) mass is 303 g/mol. The molecule has 0 saturated carbocycles. The van der Waals surface area contributed by atoms with Crippen LogP contribution >= 0.6 is 27.5 Å². The van der Waals surface area contributed by atoms with Crippen LogP contribution in [0.4, 0.5) is 0 Å². The molecule has 1 aromatic heterocycles. The molecule has 0 spiro atoms. The van der Waals surface area contributed by atoms with Gasteiger partial charge in [0.25, 0.3) is 0 Å². The number of fused-ring (bicyclic) bond motifs is 1. The third-order valence-electron chi connectivity index (χ3n) is 2.37. The lowest BCUT2D eigenvalue weighted by Crippen LogP contribution is -1.99. The second-order valence-electron chi connectivity index (χ2n) is 3.41. The fourth-order valence-corrected chi connectivity index (χ4v) is 2.54. The van der Waals surface area contributed by atoms with Crippen molar-refractivity contribution in [3.05, 3.63) is 33.0 Å². The molecular weight excluding hydrogens is 293 g/mol. The summed E-state index contributed by atoms with van der Waals surface area (Å²) in [5.74, 6) is 0.719. The van der Waals surface area contributed by atoms with Crippen molar-refractivity contribution in [3.8, 4) is 0 Å². The lowest BCUT2D eigenvalue weighted by molar-refractivity contribution is 0.184. The molecule has 3 nitrogen and oxygen atoms in total. The van der Waals surface area contributed by atoms with Crippen LogP contribution in [0.1, 0.15) is 11.3 Å². The molecule has 0 aliphatic heterocycles. The highest BCUT2D eigenvalue weighted by molar-refractivity contribution is 9.10. The maximum atomic E-state index is 6.10. The van der Waals surface area contributed by atoms with E-state index < -0.39 is 0 Å². The molecule has 1 heterocycles. The molecule has 0 fully saturated rings. The molecule has 0 aliphatic carbocycles. The lowest BCUT2D eigenvalue weighted by atomic mass is 10.1. The van der Waals surface area contributed by atoms with E-state index in [1.165, 1.54) is 0 Å². The summed E-state index contributed by atoms with van der Waals surface area (Å²) in [6.07, 6.45) is 0. The van der Waals surface area contributed by atoms with E-state index in [1.54, 1.807) is 13.2 Å². The Morgan fingerprint density at radius 1 is 1.50 bits per heavy atom. The Kier molecular flexibility index (Phi) is 3.54. The summed E-state index contributed by atoms with van der Waals surface area (Å²) in [5.41, 5.74) is 7.25. The zero-order valence-corrected chi connectivity index (χ0v) is 11.1. The van der Waals surface area contributed by atoms with Crippen LogP contribution in [0, 0.1) is 0 Å². The number of nitrogens with two attached hydrogens (primary N) is 1. The van der Waals surface area contributed by atoms with Crippen molar-refractivity contribution in [2.75, 3.05) is 7.11 Å². The third-order valence-corrected chi connectivity index (χ3v) is 3.11. The van der Waals surface area contributed by atoms with Crippen LogP contribution in [0.3, 0.4) is 0 Å². The summed E-state index contributed by atoms with van der Waals surface area (Å²) < 4.78 is 11.7. The zero-order chi connectivity index (χ0) is 11.7. The number of rotatable bonds is 3. The Bertz CT molecular complexity index is 524. The normalized spacial score (nSPS) is 11.2. The first-order valence-corrected chi connectivity index (χ1v) is 5.92. The molecule has 86 valence electrons. The highest BCUT2D eigenvalue weighted by Crippen LogP contribution is 2.34. The molecular formula is C11H11BrClNO2. The summed E-state index contributed by atoms with van der Waals surface area (Å²) >= 11 is 9.50. The molecule has 0 unspecified atom stereocenters. The predicted octanol–water partition coefficient (Wildman–Crippen LogP) is 3.45. The number of ether oxygens (including phenoxy) is 1. The Labute approximate surface area is 107 Å². The number of hydrogen-bond donors (Lipinski definition) is 1. The molecule has 2 rings (SSSR count). The van der Waals surface area contributed by atoms with E-state index in [9.17, 15) is 0 Å². The summed E-state index contributed by atoms with van der Waals surface area (Å²) in [6.45, 7) is 0.799. The molecule has 5 heteroatoms. The minimum Gasteiger partial charge on any atom is -0.458 e. The lowest BCUT2D eigenvalue weighted by Gasteiger charge is -1.99. The van der Waals surface area contributed by atoms with Gasteiger partial charge in [0.15, 0.2) is 5.58 Å². The summed E-state index contributed by atoms with van der Waals surface area (Å²) in [4.78, 5) is 0. The van der Waals surface area contributed by atoms with Gasteiger partial charge in [-0.1, -0.05) is 27.5 Å². The molecule has 0 radical (unpaired) electrons. The second kappa shape index (κ2) is 4.75. The Morgan fingerprint density at radius 3 is 2.88 bits per heavy atom. The summed E-state index contributed by atoms with van der Waals surface area (Å²) in [7, 11) is 1.64. The zero-order valence-electron chi connectivity index (χ0n) is 8.72. The van der Waals surface area contributed by atoms with Gasteiger partial charge in [0.1, 0.15) is 5.76 Å². The van der Waals surface area contributed by atoms with E-state index in [-0.39, 0.29) is 0 Å². The number of methoxy groups -OCH3 is 1. The van der Waals surface area contributed by atoms with Crippen molar-refractivity contribution in [3.63, 3.8) is 0 Å². The van der Waals surface area contributed by atoms with E-state index in [0.717, 1.165) is 21.2 Å². The molecule has 0 saturated heterocycles. The van der Waals surface area contributed by atoms with Gasteiger partial charge in [-0.15, -0.1) is 0 Å². The van der Waals surface area contributed by atoms with Gasteiger partial charge in [0.2, 0.25) is 0 Å². The van der Waals surface area contributed by atoms with Gasteiger partial charge in [-0.3, -0.25) is 0 Å². The largest absolute Gasteiger partial charge is 0.458 e. The number of hydrogen-bond acceptors (Lipinski definition) is 3. The van der Waals surface area contributed by atoms with Crippen molar-refractivity contribution in [1.29, 1.82) is 0 Å². The molecule has 0 atom stereocenters. The van der Waals surface area contributed by atoms with Crippen LogP contribution in [0.15, 0.2) is 21.0 Å². The smallest absolute Gasteiger partial charge is 0.153 e. The molecule has 2 N–H and O–H groups in total. The van der Waals surface area contributed by atoms with Gasteiger partial charge < -0.3 is 14.9 Å². The van der Waals surface area contributed by atoms with Crippen molar-refractivity contribution in [2.24, 2.45) is 5.73 Å². The molecule has 0 amide bonds. The van der Waals surface area contributed by atoms with Crippen LogP contribution in [0.2, 0.25) is 5.02 Å². The number of benzene rings is 1. The first kappa shape index (κ1) is 11.9. The molecule has 2 aromatic rings. The maximum absolute atomic E-state index is 6.10. The number of furan rings is 1. The van der Waals surface area contributed by atoms with Crippen molar-refractivity contribution in [2.45, 2.75) is 13.2 Å². The SMILES string of the molecule is COCc1c(CN)oc2c(Cl)cc(Br)cc12. The predicted molar refractivity (Wildman–Crippen MR) is 67.5 cm³/mol. The van der Waals surface area contributed by atoms with E-state index in [0.29, 0.717) is 23.8 Å². The molecule has 1 aromatic carbocycles. The standard InChI is InChI=1S/C11H11BrClNO2/c1-15-5-8-7-2-6(12)3-9(13)11(7)16-10(8)4-14/h2-3H,4-5,14H2,1H3. The first-order valence-electron chi connectivity index (χ1n) is 4.75. The van der Waals surface area contributed by atoms with E-state index in [2.05, 4.69) is 15.9 Å².